The van der Waals surface area contributed by atoms with Crippen molar-refractivity contribution in [3.63, 3.8) is 0 Å². The average Bonchev–Trinajstić information content (AvgIpc) is 2.64. The third kappa shape index (κ3) is 3.14. The van der Waals surface area contributed by atoms with Crippen molar-refractivity contribution in [1.82, 2.24) is 14.3 Å². The predicted molar refractivity (Wildman–Crippen MR) is 59.9 cm³/mol. The van der Waals surface area contributed by atoms with Crippen molar-refractivity contribution < 1.29 is 18.3 Å². The fourth-order valence-corrected chi connectivity index (χ4v) is 2.53. The van der Waals surface area contributed by atoms with E-state index < -0.39 is 22.5 Å². The first kappa shape index (κ1) is 13.4. The van der Waals surface area contributed by atoms with E-state index in [9.17, 15) is 13.2 Å². The number of aromatic amines is 1. The topological polar surface area (TPSA) is 103 Å². The predicted octanol–water partition coefficient (Wildman–Crippen LogP) is -0.0206. The van der Waals surface area contributed by atoms with E-state index in [1.165, 1.54) is 6.08 Å². The van der Waals surface area contributed by atoms with E-state index in [1.54, 1.807) is 6.92 Å². The molecule has 17 heavy (non-hydrogen) atoms. The number of hydrogen-bond donors (Lipinski definition) is 2. The SMILES string of the molecule is C=CCN(CC(=O)O)S(=O)(=O)c1cnc(C)[nH]1. The number of rotatable bonds is 6. The van der Waals surface area contributed by atoms with Gasteiger partial charge in [0.05, 0.1) is 6.20 Å². The molecule has 0 aliphatic carbocycles. The molecule has 8 heteroatoms. The van der Waals surface area contributed by atoms with Gasteiger partial charge in [0.1, 0.15) is 12.4 Å². The van der Waals surface area contributed by atoms with E-state index in [0.717, 1.165) is 10.5 Å². The first-order valence-corrected chi connectivity index (χ1v) is 6.16. The van der Waals surface area contributed by atoms with Crippen LogP contribution < -0.4 is 0 Å². The molecular formula is C9H13N3O4S. The Balaban J connectivity index is 3.07. The third-order valence-electron chi connectivity index (χ3n) is 1.94. The molecule has 0 saturated carbocycles. The molecule has 1 rings (SSSR count). The van der Waals surface area contributed by atoms with Gasteiger partial charge in [-0.25, -0.2) is 13.4 Å². The number of carboxylic acids is 1. The standard InChI is InChI=1S/C9H13N3O4S/c1-3-4-12(6-9(13)14)17(15,16)8-5-10-7(2)11-8/h3,5H,1,4,6H2,2H3,(H,10,11)(H,13,14). The molecule has 0 aromatic carbocycles. The maximum atomic E-state index is 12.0. The lowest BCUT2D eigenvalue weighted by molar-refractivity contribution is -0.137. The van der Waals surface area contributed by atoms with Crippen molar-refractivity contribution in [2.24, 2.45) is 0 Å². The van der Waals surface area contributed by atoms with Crippen molar-refractivity contribution in [2.75, 3.05) is 13.1 Å². The second kappa shape index (κ2) is 5.11. The lowest BCUT2D eigenvalue weighted by atomic mass is 10.6. The molecule has 0 saturated heterocycles. The van der Waals surface area contributed by atoms with Gasteiger partial charge in [-0.2, -0.15) is 4.31 Å². The van der Waals surface area contributed by atoms with Gasteiger partial charge in [0.25, 0.3) is 10.0 Å². The maximum Gasteiger partial charge on any atom is 0.318 e. The number of carbonyl (C=O) groups is 1. The molecule has 1 heterocycles. The highest BCUT2D eigenvalue weighted by Crippen LogP contribution is 2.12. The Morgan fingerprint density at radius 3 is 2.76 bits per heavy atom. The molecule has 0 fully saturated rings. The van der Waals surface area contributed by atoms with Crippen LogP contribution in [-0.4, -0.2) is 46.9 Å². The normalized spacial score (nSPS) is 11.6. The summed E-state index contributed by atoms with van der Waals surface area (Å²) in [6, 6.07) is 0. The number of H-pyrrole nitrogens is 1. The van der Waals surface area contributed by atoms with E-state index in [-0.39, 0.29) is 11.6 Å². The van der Waals surface area contributed by atoms with Crippen LogP contribution in [0.15, 0.2) is 23.9 Å². The van der Waals surface area contributed by atoms with E-state index in [4.69, 9.17) is 5.11 Å². The zero-order valence-corrected chi connectivity index (χ0v) is 10.1. The Labute approximate surface area is 98.8 Å². The average molecular weight is 259 g/mol. The first-order valence-electron chi connectivity index (χ1n) is 4.72. The summed E-state index contributed by atoms with van der Waals surface area (Å²) in [6.07, 6.45) is 2.48. The van der Waals surface area contributed by atoms with Crippen LogP contribution in [0.2, 0.25) is 0 Å². The van der Waals surface area contributed by atoms with E-state index in [2.05, 4.69) is 16.5 Å². The molecule has 0 bridgehead atoms. The fraction of sp³-hybridized carbons (Fsp3) is 0.333. The highest BCUT2D eigenvalue weighted by molar-refractivity contribution is 7.89. The van der Waals surface area contributed by atoms with Gasteiger partial charge in [-0.3, -0.25) is 4.79 Å². The zero-order chi connectivity index (χ0) is 13.1. The summed E-state index contributed by atoms with van der Waals surface area (Å²) < 4.78 is 24.8. The van der Waals surface area contributed by atoms with Gasteiger partial charge in [0.15, 0.2) is 5.03 Å². The van der Waals surface area contributed by atoms with Gasteiger partial charge in [-0.05, 0) is 6.92 Å². The summed E-state index contributed by atoms with van der Waals surface area (Å²) in [5.41, 5.74) is 0. The van der Waals surface area contributed by atoms with E-state index in [0.29, 0.717) is 5.82 Å². The van der Waals surface area contributed by atoms with Gasteiger partial charge in [-0.1, -0.05) is 6.08 Å². The van der Waals surface area contributed by atoms with E-state index >= 15 is 0 Å². The van der Waals surface area contributed by atoms with Gasteiger partial charge >= 0.3 is 5.97 Å². The minimum absolute atomic E-state index is 0.0767. The maximum absolute atomic E-state index is 12.0. The number of carboxylic acid groups (broad SMARTS) is 1. The van der Waals surface area contributed by atoms with Gasteiger partial charge in [0.2, 0.25) is 0 Å². The lowest BCUT2D eigenvalue weighted by Crippen LogP contribution is -2.36. The number of nitrogens with zero attached hydrogens (tertiary/aromatic N) is 2. The minimum atomic E-state index is -3.87. The van der Waals surface area contributed by atoms with Gasteiger partial charge < -0.3 is 10.1 Å². The molecule has 0 amide bonds. The Morgan fingerprint density at radius 1 is 1.71 bits per heavy atom. The summed E-state index contributed by atoms with van der Waals surface area (Å²) in [4.78, 5) is 16.9. The zero-order valence-electron chi connectivity index (χ0n) is 9.25. The van der Waals surface area contributed by atoms with Crippen molar-refractivity contribution in [2.45, 2.75) is 11.9 Å². The largest absolute Gasteiger partial charge is 0.480 e. The van der Waals surface area contributed by atoms with Crippen molar-refractivity contribution in [3.05, 3.63) is 24.7 Å². The first-order chi connectivity index (χ1) is 7.87. The van der Waals surface area contributed by atoms with Crippen LogP contribution in [0.5, 0.6) is 0 Å². The van der Waals surface area contributed by atoms with Crippen molar-refractivity contribution in [3.8, 4) is 0 Å². The molecule has 0 radical (unpaired) electrons. The monoisotopic (exact) mass is 259 g/mol. The molecule has 1 aromatic rings. The van der Waals surface area contributed by atoms with Crippen LogP contribution in [0, 0.1) is 6.92 Å². The molecule has 94 valence electrons. The van der Waals surface area contributed by atoms with Gasteiger partial charge in [0, 0.05) is 6.54 Å². The van der Waals surface area contributed by atoms with Crippen LogP contribution in [0.4, 0.5) is 0 Å². The number of aliphatic carboxylic acids is 1. The summed E-state index contributed by atoms with van der Waals surface area (Å²) in [7, 11) is -3.87. The molecule has 0 aliphatic heterocycles. The Hall–Kier alpha value is -1.67. The lowest BCUT2D eigenvalue weighted by Gasteiger charge is -2.16. The highest BCUT2D eigenvalue weighted by atomic mass is 32.2. The Morgan fingerprint density at radius 2 is 2.35 bits per heavy atom. The van der Waals surface area contributed by atoms with Gasteiger partial charge in [-0.15, -0.1) is 6.58 Å². The van der Waals surface area contributed by atoms with Crippen molar-refractivity contribution >= 4 is 16.0 Å². The number of hydrogen-bond acceptors (Lipinski definition) is 4. The second-order valence-corrected chi connectivity index (χ2v) is 5.22. The minimum Gasteiger partial charge on any atom is -0.480 e. The molecule has 1 aromatic heterocycles. The summed E-state index contributed by atoms with van der Waals surface area (Å²) in [6.45, 7) is 4.31. The molecule has 0 aliphatic rings. The van der Waals surface area contributed by atoms with Crippen LogP contribution in [0.1, 0.15) is 5.82 Å². The number of aryl methyl sites for hydroxylation is 1. The Kier molecular flexibility index (Phi) is 4.02. The van der Waals surface area contributed by atoms with Crippen LogP contribution in [0.25, 0.3) is 0 Å². The van der Waals surface area contributed by atoms with Crippen LogP contribution >= 0.6 is 0 Å². The smallest absolute Gasteiger partial charge is 0.318 e. The van der Waals surface area contributed by atoms with Crippen LogP contribution in [0.3, 0.4) is 0 Å². The van der Waals surface area contributed by atoms with Crippen LogP contribution in [-0.2, 0) is 14.8 Å². The summed E-state index contributed by atoms with van der Waals surface area (Å²) in [5.74, 6) is -0.788. The molecular weight excluding hydrogens is 246 g/mol. The molecule has 0 spiro atoms. The molecule has 0 unspecified atom stereocenters. The number of sulfonamides is 1. The number of aromatic nitrogens is 2. The van der Waals surface area contributed by atoms with Crippen molar-refractivity contribution in [1.29, 1.82) is 0 Å². The number of nitrogens with one attached hydrogen (secondary N) is 1. The molecule has 2 N–H and O–H groups in total. The summed E-state index contributed by atoms with van der Waals surface area (Å²) in [5, 5.41) is 8.53. The van der Waals surface area contributed by atoms with E-state index in [1.807, 2.05) is 0 Å². The Bertz CT molecular complexity index is 520. The fourth-order valence-electron chi connectivity index (χ4n) is 1.21. The second-order valence-electron chi connectivity index (χ2n) is 3.31. The molecule has 7 nitrogen and oxygen atoms in total. The highest BCUT2D eigenvalue weighted by Gasteiger charge is 2.27. The molecule has 0 atom stereocenters. The number of imidazole rings is 1. The third-order valence-corrected chi connectivity index (χ3v) is 3.66. The quantitative estimate of drug-likeness (QED) is 0.699. The summed E-state index contributed by atoms with van der Waals surface area (Å²) >= 11 is 0.